The highest BCUT2D eigenvalue weighted by Crippen LogP contribution is 2.40. The van der Waals surface area contributed by atoms with E-state index in [0.29, 0.717) is 22.0 Å². The minimum absolute atomic E-state index is 0.0295. The molecule has 0 spiro atoms. The van der Waals surface area contributed by atoms with Crippen molar-refractivity contribution in [3.05, 3.63) is 44.2 Å². The normalized spacial score (nSPS) is 10.9. The Labute approximate surface area is 158 Å². The molecule has 1 aromatic carbocycles. The molecule has 0 radical (unpaired) electrons. The van der Waals surface area contributed by atoms with Crippen LogP contribution in [0.2, 0.25) is 5.02 Å². The van der Waals surface area contributed by atoms with Crippen LogP contribution in [0.15, 0.2) is 16.7 Å². The third-order valence-corrected chi connectivity index (χ3v) is 4.64. The van der Waals surface area contributed by atoms with Crippen LogP contribution in [0.5, 0.6) is 11.5 Å². The highest BCUT2D eigenvalue weighted by atomic mass is 35.5. The van der Waals surface area contributed by atoms with E-state index in [0.717, 1.165) is 11.6 Å². The first-order valence-electron chi connectivity index (χ1n) is 7.77. The van der Waals surface area contributed by atoms with E-state index in [1.807, 2.05) is 6.92 Å². The number of nitro benzene ring substituents is 1. The number of hydrogen-bond donors (Lipinski definition) is 1. The maximum atomic E-state index is 11.2. The molecule has 0 aliphatic rings. The van der Waals surface area contributed by atoms with E-state index < -0.39 is 16.4 Å². The van der Waals surface area contributed by atoms with Crippen molar-refractivity contribution in [2.75, 3.05) is 7.11 Å². The maximum Gasteiger partial charge on any atom is 0.315 e. The summed E-state index contributed by atoms with van der Waals surface area (Å²) >= 11 is 6.27. The highest BCUT2D eigenvalue weighted by Gasteiger charge is 2.24. The van der Waals surface area contributed by atoms with Crippen molar-refractivity contribution in [2.45, 2.75) is 20.8 Å². The van der Waals surface area contributed by atoms with Gasteiger partial charge in [0.05, 0.1) is 28.3 Å². The molecule has 10 heteroatoms. The SMILES string of the molecule is COc1cc(-c2nc(-c3c(C)nc(C)c(Cl)c3C)no2)cc([N+](=O)[O-])c1O. The van der Waals surface area contributed by atoms with Gasteiger partial charge in [-0.15, -0.1) is 0 Å². The first-order valence-corrected chi connectivity index (χ1v) is 8.15. The lowest BCUT2D eigenvalue weighted by molar-refractivity contribution is -0.385. The van der Waals surface area contributed by atoms with Gasteiger partial charge < -0.3 is 14.4 Å². The fourth-order valence-electron chi connectivity index (χ4n) is 2.79. The second-order valence-corrected chi connectivity index (χ2v) is 6.20. The van der Waals surface area contributed by atoms with Crippen molar-refractivity contribution in [1.82, 2.24) is 15.1 Å². The third-order valence-electron chi connectivity index (χ3n) is 4.09. The molecule has 1 N–H and O–H groups in total. The van der Waals surface area contributed by atoms with Crippen LogP contribution in [0.4, 0.5) is 5.69 Å². The number of aromatic nitrogens is 3. The quantitative estimate of drug-likeness (QED) is 0.523. The van der Waals surface area contributed by atoms with Gasteiger partial charge in [-0.3, -0.25) is 15.1 Å². The van der Waals surface area contributed by atoms with Crippen molar-refractivity contribution in [2.24, 2.45) is 0 Å². The summed E-state index contributed by atoms with van der Waals surface area (Å²) in [5.74, 6) is -0.371. The number of pyridine rings is 1. The van der Waals surface area contributed by atoms with E-state index in [1.54, 1.807) is 13.8 Å². The number of benzene rings is 1. The van der Waals surface area contributed by atoms with Crippen LogP contribution in [-0.4, -0.2) is 32.3 Å². The first kappa shape index (κ1) is 18.6. The van der Waals surface area contributed by atoms with Crippen molar-refractivity contribution in [3.63, 3.8) is 0 Å². The summed E-state index contributed by atoms with van der Waals surface area (Å²) in [6.07, 6.45) is 0. The molecule has 140 valence electrons. The summed E-state index contributed by atoms with van der Waals surface area (Å²) < 4.78 is 10.3. The molecule has 3 rings (SSSR count). The van der Waals surface area contributed by atoms with Crippen molar-refractivity contribution in [3.8, 4) is 34.3 Å². The van der Waals surface area contributed by atoms with E-state index in [-0.39, 0.29) is 23.0 Å². The Bertz CT molecular complexity index is 1060. The number of methoxy groups -OCH3 is 1. The molecule has 3 aromatic rings. The average Bonchev–Trinajstić information content (AvgIpc) is 3.09. The molecule has 0 atom stereocenters. The van der Waals surface area contributed by atoms with Crippen LogP contribution in [0.1, 0.15) is 17.0 Å². The molecular weight excluding hydrogens is 376 g/mol. The van der Waals surface area contributed by atoms with Gasteiger partial charge in [0, 0.05) is 17.3 Å². The topological polar surface area (TPSA) is 124 Å². The second-order valence-electron chi connectivity index (χ2n) is 5.82. The van der Waals surface area contributed by atoms with Crippen molar-refractivity contribution >= 4 is 17.3 Å². The molecule has 0 aliphatic heterocycles. The van der Waals surface area contributed by atoms with Crippen LogP contribution in [0.25, 0.3) is 22.8 Å². The molecule has 2 aromatic heterocycles. The highest BCUT2D eigenvalue weighted by molar-refractivity contribution is 6.32. The number of aryl methyl sites for hydroxylation is 2. The van der Waals surface area contributed by atoms with Gasteiger partial charge in [-0.1, -0.05) is 16.8 Å². The number of nitro groups is 1. The van der Waals surface area contributed by atoms with Gasteiger partial charge in [0.25, 0.3) is 5.89 Å². The van der Waals surface area contributed by atoms with E-state index >= 15 is 0 Å². The van der Waals surface area contributed by atoms with Gasteiger partial charge in [0.2, 0.25) is 11.6 Å². The fraction of sp³-hybridized carbons (Fsp3) is 0.235. The number of hydrogen-bond acceptors (Lipinski definition) is 8. The molecule has 9 nitrogen and oxygen atoms in total. The van der Waals surface area contributed by atoms with Gasteiger partial charge >= 0.3 is 5.69 Å². The zero-order valence-corrected chi connectivity index (χ0v) is 15.7. The lowest BCUT2D eigenvalue weighted by Gasteiger charge is -2.09. The zero-order chi connectivity index (χ0) is 19.9. The summed E-state index contributed by atoms with van der Waals surface area (Å²) in [6.45, 7) is 5.43. The predicted molar refractivity (Wildman–Crippen MR) is 97.1 cm³/mol. The number of ether oxygens (including phenoxy) is 1. The molecule has 0 saturated heterocycles. The zero-order valence-electron chi connectivity index (χ0n) is 14.9. The van der Waals surface area contributed by atoms with E-state index in [2.05, 4.69) is 15.1 Å². The Morgan fingerprint density at radius 2 is 1.93 bits per heavy atom. The number of halogens is 1. The fourth-order valence-corrected chi connectivity index (χ4v) is 2.93. The molecule has 2 heterocycles. The van der Waals surface area contributed by atoms with Gasteiger partial charge in [-0.05, 0) is 32.4 Å². The summed E-state index contributed by atoms with van der Waals surface area (Å²) in [5.41, 5.74) is 2.45. The van der Waals surface area contributed by atoms with Gasteiger partial charge in [0.15, 0.2) is 5.75 Å². The second kappa shape index (κ2) is 6.84. The van der Waals surface area contributed by atoms with Gasteiger partial charge in [0.1, 0.15) is 0 Å². The largest absolute Gasteiger partial charge is 0.500 e. The smallest absolute Gasteiger partial charge is 0.315 e. The monoisotopic (exact) mass is 390 g/mol. The molecule has 0 fully saturated rings. The molecular formula is C17H15ClN4O5. The van der Waals surface area contributed by atoms with E-state index in [1.165, 1.54) is 13.2 Å². The molecule has 0 saturated carbocycles. The molecule has 0 aliphatic carbocycles. The number of aromatic hydroxyl groups is 1. The van der Waals surface area contributed by atoms with Crippen molar-refractivity contribution < 1.29 is 19.3 Å². The lowest BCUT2D eigenvalue weighted by Crippen LogP contribution is -1.98. The summed E-state index contributed by atoms with van der Waals surface area (Å²) in [4.78, 5) is 19.1. The number of phenolic OH excluding ortho intramolecular Hbond substituents is 1. The summed E-state index contributed by atoms with van der Waals surface area (Å²) in [6, 6.07) is 2.51. The van der Waals surface area contributed by atoms with Crippen LogP contribution in [0.3, 0.4) is 0 Å². The third kappa shape index (κ3) is 3.17. The molecule has 27 heavy (non-hydrogen) atoms. The Morgan fingerprint density at radius 1 is 1.22 bits per heavy atom. The van der Waals surface area contributed by atoms with Crippen molar-refractivity contribution in [1.29, 1.82) is 0 Å². The number of phenols is 1. The first-order chi connectivity index (χ1) is 12.7. The molecule has 0 amide bonds. The van der Waals surface area contributed by atoms with Gasteiger partial charge in [-0.25, -0.2) is 0 Å². The summed E-state index contributed by atoms with van der Waals surface area (Å²) in [7, 11) is 1.29. The van der Waals surface area contributed by atoms with Crippen LogP contribution >= 0.6 is 11.6 Å². The Morgan fingerprint density at radius 3 is 2.56 bits per heavy atom. The van der Waals surface area contributed by atoms with Crippen LogP contribution in [-0.2, 0) is 0 Å². The number of nitrogens with zero attached hydrogens (tertiary/aromatic N) is 4. The Balaban J connectivity index is 2.14. The van der Waals surface area contributed by atoms with Crippen LogP contribution < -0.4 is 4.74 Å². The Kier molecular flexibility index (Phi) is 4.71. The maximum absolute atomic E-state index is 11.2. The predicted octanol–water partition coefficient (Wildman–Crippen LogP) is 4.00. The summed E-state index contributed by atoms with van der Waals surface area (Å²) in [5, 5.41) is 25.5. The van der Waals surface area contributed by atoms with Gasteiger partial charge in [-0.2, -0.15) is 4.98 Å². The Hall–Kier alpha value is -3.20. The van der Waals surface area contributed by atoms with Crippen LogP contribution in [0, 0.1) is 30.9 Å². The standard InChI is InChI=1S/C17H15ClN4O5/c1-7-13(8(2)19-9(3)14(7)18)16-20-17(27-21-16)10-5-11(22(24)25)15(23)12(6-10)26-4/h5-6,23H,1-4H3. The molecule has 0 unspecified atom stereocenters. The minimum Gasteiger partial charge on any atom is -0.500 e. The average molecular weight is 391 g/mol. The number of rotatable bonds is 4. The molecule has 0 bridgehead atoms. The van der Waals surface area contributed by atoms with E-state index in [9.17, 15) is 15.2 Å². The lowest BCUT2D eigenvalue weighted by atomic mass is 10.1. The van der Waals surface area contributed by atoms with E-state index in [4.69, 9.17) is 20.9 Å². The minimum atomic E-state index is -0.726.